The molecular formula is C9H9F2NO3. The van der Waals surface area contributed by atoms with Crippen LogP contribution >= 0.6 is 0 Å². The van der Waals surface area contributed by atoms with E-state index in [0.717, 1.165) is 0 Å². The molecular weight excluding hydrogens is 208 g/mol. The van der Waals surface area contributed by atoms with Gasteiger partial charge in [-0.1, -0.05) is 12.1 Å². The normalized spacial score (nSPS) is 10.1. The summed E-state index contributed by atoms with van der Waals surface area (Å²) >= 11 is 0. The van der Waals surface area contributed by atoms with Crippen molar-refractivity contribution in [3.63, 3.8) is 0 Å². The Kier molecular flexibility index (Phi) is 3.99. The summed E-state index contributed by atoms with van der Waals surface area (Å²) in [6, 6.07) is 5.65. The molecule has 0 bridgehead atoms. The molecule has 0 atom stereocenters. The molecule has 0 aliphatic carbocycles. The van der Waals surface area contributed by atoms with Crippen molar-refractivity contribution in [3.05, 3.63) is 29.8 Å². The number of carbonyl (C=O) groups excluding carboxylic acids is 1. The Bertz CT molecular complexity index is 344. The van der Waals surface area contributed by atoms with Crippen LogP contribution in [0.4, 0.5) is 8.78 Å². The molecule has 1 rings (SSSR count). The minimum Gasteiger partial charge on any atom is -0.434 e. The molecule has 82 valence electrons. The molecule has 0 aromatic heterocycles. The maximum atomic E-state index is 12.0. The highest BCUT2D eigenvalue weighted by atomic mass is 19.3. The molecule has 0 spiro atoms. The van der Waals surface area contributed by atoms with Crippen LogP contribution < -0.4 is 10.2 Å². The number of hydrogen-bond acceptors (Lipinski definition) is 3. The molecule has 15 heavy (non-hydrogen) atoms. The zero-order valence-corrected chi connectivity index (χ0v) is 7.87. The van der Waals surface area contributed by atoms with Gasteiger partial charge in [-0.05, 0) is 12.1 Å². The second-order valence-corrected chi connectivity index (χ2v) is 2.51. The molecule has 0 aliphatic heterocycles. The molecule has 0 fully saturated rings. The molecule has 6 heteroatoms. The molecule has 0 unspecified atom stereocenters. The zero-order valence-electron chi connectivity index (χ0n) is 7.87. The topological polar surface area (TPSA) is 47.6 Å². The predicted octanol–water partition coefficient (Wildman–Crippen LogP) is 1.58. The minimum absolute atomic E-state index is 0.0142. The van der Waals surface area contributed by atoms with Gasteiger partial charge < -0.3 is 4.74 Å². The summed E-state index contributed by atoms with van der Waals surface area (Å²) in [6.45, 7) is -2.97. The summed E-state index contributed by atoms with van der Waals surface area (Å²) in [5.74, 6) is -0.837. The summed E-state index contributed by atoms with van der Waals surface area (Å²) in [7, 11) is 1.24. The first-order chi connectivity index (χ1) is 7.15. The number of carbonyl (C=O) groups is 1. The Balaban J connectivity index is 2.90. The van der Waals surface area contributed by atoms with Crippen LogP contribution in [-0.4, -0.2) is 19.6 Å². The first-order valence-corrected chi connectivity index (χ1v) is 4.02. The van der Waals surface area contributed by atoms with Crippen LogP contribution in [0.2, 0.25) is 0 Å². The Hall–Kier alpha value is -1.69. The van der Waals surface area contributed by atoms with Crippen LogP contribution in [0.15, 0.2) is 24.3 Å². The Morgan fingerprint density at radius 3 is 2.67 bits per heavy atom. The van der Waals surface area contributed by atoms with Crippen LogP contribution in [0.25, 0.3) is 0 Å². The van der Waals surface area contributed by atoms with Crippen molar-refractivity contribution >= 4 is 5.91 Å². The van der Waals surface area contributed by atoms with Crippen molar-refractivity contribution in [1.29, 1.82) is 0 Å². The van der Waals surface area contributed by atoms with Gasteiger partial charge in [0.15, 0.2) is 0 Å². The summed E-state index contributed by atoms with van der Waals surface area (Å²) in [4.78, 5) is 15.7. The van der Waals surface area contributed by atoms with E-state index < -0.39 is 12.5 Å². The SMILES string of the molecule is CONC(=O)c1ccccc1OC(F)F. The molecule has 0 aliphatic rings. The van der Waals surface area contributed by atoms with Gasteiger partial charge in [0.25, 0.3) is 5.91 Å². The van der Waals surface area contributed by atoms with Crippen molar-refractivity contribution in [2.45, 2.75) is 6.61 Å². The standard InChI is InChI=1S/C9H9F2NO3/c1-14-12-8(13)6-4-2-3-5-7(6)15-9(10)11/h2-5,9H,1H3,(H,12,13). The summed E-state index contributed by atoms with van der Waals surface area (Å²) in [5.41, 5.74) is 2.00. The van der Waals surface area contributed by atoms with Gasteiger partial charge >= 0.3 is 6.61 Å². The van der Waals surface area contributed by atoms with Crippen LogP contribution in [0.1, 0.15) is 10.4 Å². The van der Waals surface area contributed by atoms with Gasteiger partial charge in [0.2, 0.25) is 0 Å². The second-order valence-electron chi connectivity index (χ2n) is 2.51. The van der Waals surface area contributed by atoms with Crippen LogP contribution in [0.5, 0.6) is 5.75 Å². The Morgan fingerprint density at radius 1 is 1.40 bits per heavy atom. The lowest BCUT2D eigenvalue weighted by atomic mass is 10.2. The van der Waals surface area contributed by atoms with Gasteiger partial charge in [-0.25, -0.2) is 5.48 Å². The van der Waals surface area contributed by atoms with E-state index in [1.54, 1.807) is 0 Å². The van der Waals surface area contributed by atoms with E-state index >= 15 is 0 Å². The number of para-hydroxylation sites is 1. The highest BCUT2D eigenvalue weighted by Gasteiger charge is 2.14. The molecule has 1 amide bonds. The van der Waals surface area contributed by atoms with Gasteiger partial charge in [-0.15, -0.1) is 0 Å². The molecule has 0 saturated heterocycles. The number of hydroxylamine groups is 1. The number of rotatable bonds is 4. The Morgan fingerprint density at radius 2 is 2.07 bits per heavy atom. The number of amides is 1. The monoisotopic (exact) mass is 217 g/mol. The number of hydrogen-bond donors (Lipinski definition) is 1. The fourth-order valence-corrected chi connectivity index (χ4v) is 1.00. The number of nitrogens with one attached hydrogen (secondary N) is 1. The average molecular weight is 217 g/mol. The molecule has 1 aromatic carbocycles. The largest absolute Gasteiger partial charge is 0.434 e. The van der Waals surface area contributed by atoms with Crippen LogP contribution in [0.3, 0.4) is 0 Å². The van der Waals surface area contributed by atoms with Crippen molar-refractivity contribution in [1.82, 2.24) is 5.48 Å². The van der Waals surface area contributed by atoms with Crippen molar-refractivity contribution in [3.8, 4) is 5.75 Å². The average Bonchev–Trinajstić information content (AvgIpc) is 2.18. The molecule has 0 saturated carbocycles. The lowest BCUT2D eigenvalue weighted by molar-refractivity contribution is -0.0503. The van der Waals surface area contributed by atoms with Crippen molar-refractivity contribution < 1.29 is 23.1 Å². The van der Waals surface area contributed by atoms with E-state index in [1.807, 2.05) is 5.48 Å². The smallest absolute Gasteiger partial charge is 0.387 e. The van der Waals surface area contributed by atoms with Gasteiger partial charge in [-0.2, -0.15) is 8.78 Å². The fourth-order valence-electron chi connectivity index (χ4n) is 1.00. The first kappa shape index (κ1) is 11.4. The molecule has 1 aromatic rings. The predicted molar refractivity (Wildman–Crippen MR) is 47.5 cm³/mol. The van der Waals surface area contributed by atoms with E-state index in [4.69, 9.17) is 0 Å². The van der Waals surface area contributed by atoms with Crippen LogP contribution in [0, 0.1) is 0 Å². The van der Waals surface area contributed by atoms with E-state index in [-0.39, 0.29) is 11.3 Å². The highest BCUT2D eigenvalue weighted by Crippen LogP contribution is 2.19. The van der Waals surface area contributed by atoms with E-state index in [1.165, 1.54) is 31.4 Å². The maximum Gasteiger partial charge on any atom is 0.387 e. The molecule has 4 nitrogen and oxygen atoms in total. The molecule has 0 heterocycles. The first-order valence-electron chi connectivity index (χ1n) is 4.02. The van der Waals surface area contributed by atoms with E-state index in [0.29, 0.717) is 0 Å². The van der Waals surface area contributed by atoms with E-state index in [9.17, 15) is 13.6 Å². The maximum absolute atomic E-state index is 12.0. The van der Waals surface area contributed by atoms with Gasteiger partial charge in [0.1, 0.15) is 5.75 Å². The lowest BCUT2D eigenvalue weighted by Crippen LogP contribution is -2.22. The third-order valence-corrected chi connectivity index (χ3v) is 1.54. The fraction of sp³-hybridized carbons (Fsp3) is 0.222. The zero-order chi connectivity index (χ0) is 11.3. The lowest BCUT2D eigenvalue weighted by Gasteiger charge is -2.09. The number of benzene rings is 1. The highest BCUT2D eigenvalue weighted by molar-refractivity contribution is 5.96. The van der Waals surface area contributed by atoms with E-state index in [2.05, 4.69) is 9.57 Å². The quantitative estimate of drug-likeness (QED) is 0.779. The van der Waals surface area contributed by atoms with Gasteiger partial charge in [0, 0.05) is 0 Å². The minimum atomic E-state index is -2.97. The summed E-state index contributed by atoms with van der Waals surface area (Å²) < 4.78 is 28.1. The van der Waals surface area contributed by atoms with Crippen molar-refractivity contribution in [2.75, 3.05) is 7.11 Å². The molecule has 1 N–H and O–H groups in total. The number of alkyl halides is 2. The summed E-state index contributed by atoms with van der Waals surface area (Å²) in [5, 5.41) is 0. The van der Waals surface area contributed by atoms with Crippen LogP contribution in [-0.2, 0) is 4.84 Å². The summed E-state index contributed by atoms with van der Waals surface area (Å²) in [6.07, 6.45) is 0. The van der Waals surface area contributed by atoms with Crippen molar-refractivity contribution in [2.24, 2.45) is 0 Å². The van der Waals surface area contributed by atoms with Gasteiger partial charge in [-0.3, -0.25) is 9.63 Å². The Labute approximate surface area is 84.7 Å². The molecule has 0 radical (unpaired) electrons. The van der Waals surface area contributed by atoms with Gasteiger partial charge in [0.05, 0.1) is 12.7 Å². The third kappa shape index (κ3) is 3.17. The number of ether oxygens (including phenoxy) is 1. The number of halogens is 2. The second kappa shape index (κ2) is 5.26. The third-order valence-electron chi connectivity index (χ3n) is 1.54.